The first-order valence-corrected chi connectivity index (χ1v) is 12.9. The molecule has 0 bridgehead atoms. The van der Waals surface area contributed by atoms with Gasteiger partial charge in [0.15, 0.2) is 5.65 Å². The van der Waals surface area contributed by atoms with Gasteiger partial charge in [-0.1, -0.05) is 0 Å². The maximum Gasteiger partial charge on any atom is 0.376 e. The number of amidine groups is 1. The first kappa shape index (κ1) is 23.6. The monoisotopic (exact) mass is 498 g/mol. The van der Waals surface area contributed by atoms with Gasteiger partial charge < -0.3 is 20.5 Å². The van der Waals surface area contributed by atoms with Crippen molar-refractivity contribution in [3.63, 3.8) is 0 Å². The van der Waals surface area contributed by atoms with Gasteiger partial charge >= 0.3 is 7.05 Å². The third kappa shape index (κ3) is 4.81. The number of nitrogens with one attached hydrogen (secondary N) is 2. The topological polar surface area (TPSA) is 121 Å². The second kappa shape index (κ2) is 9.94. The minimum atomic E-state index is -0.476. The molecule has 37 heavy (non-hydrogen) atoms. The van der Waals surface area contributed by atoms with Crippen molar-refractivity contribution >= 4 is 30.2 Å². The molecule has 4 aromatic rings. The minimum absolute atomic E-state index is 0.205. The van der Waals surface area contributed by atoms with E-state index in [1.54, 1.807) is 4.68 Å². The van der Waals surface area contributed by atoms with Crippen molar-refractivity contribution in [2.75, 3.05) is 31.5 Å². The third-order valence-corrected chi connectivity index (χ3v) is 7.10. The normalized spacial score (nSPS) is 18.5. The summed E-state index contributed by atoms with van der Waals surface area (Å²) >= 11 is 0. The van der Waals surface area contributed by atoms with Crippen LogP contribution < -0.4 is 10.6 Å². The van der Waals surface area contributed by atoms with Gasteiger partial charge in [0.25, 0.3) is 0 Å². The highest BCUT2D eigenvalue weighted by Gasteiger charge is 2.28. The van der Waals surface area contributed by atoms with E-state index < -0.39 is 7.05 Å². The number of nitrogens with zero attached hydrogens (tertiary/aromatic N) is 8. The number of rotatable bonds is 6. The Morgan fingerprint density at radius 2 is 2.05 bits per heavy atom. The molecule has 1 unspecified atom stereocenters. The Morgan fingerprint density at radius 1 is 1.14 bits per heavy atom. The summed E-state index contributed by atoms with van der Waals surface area (Å²) in [6, 6.07) is 6.05. The molecule has 0 amide bonds. The van der Waals surface area contributed by atoms with Crippen LogP contribution in [-0.4, -0.2) is 78.3 Å². The molecule has 0 aliphatic carbocycles. The average Bonchev–Trinajstić information content (AvgIpc) is 3.56. The van der Waals surface area contributed by atoms with E-state index in [0.717, 1.165) is 85.1 Å². The van der Waals surface area contributed by atoms with E-state index in [9.17, 15) is 5.02 Å². The van der Waals surface area contributed by atoms with E-state index in [4.69, 9.17) is 4.98 Å². The van der Waals surface area contributed by atoms with E-state index in [-0.39, 0.29) is 5.92 Å². The van der Waals surface area contributed by atoms with Crippen LogP contribution in [0.25, 0.3) is 16.8 Å². The molecule has 12 heteroatoms. The molecule has 0 aromatic carbocycles. The molecule has 0 radical (unpaired) electrons. The van der Waals surface area contributed by atoms with Crippen LogP contribution in [0.1, 0.15) is 36.4 Å². The molecule has 2 aliphatic rings. The predicted octanol–water partition coefficient (Wildman–Crippen LogP) is 2.30. The standard InChI is InChI=1S/C25H31BN10O/c1-26(37)35-10-3-5-18(16-35)21-11-23(33-22-7-6-17(12-29-22)24-27-8-4-9-28-24)36-25(32-21)20(14-31-36)19-13-30-34(2)15-19/h6-7,11-15,18,37H,3-5,8-10,16H2,1-2H3,(H,27,28)(H,29,33). The number of fused-ring (bicyclic) bond motifs is 1. The summed E-state index contributed by atoms with van der Waals surface area (Å²) in [7, 11) is 1.42. The quantitative estimate of drug-likeness (QED) is 0.347. The van der Waals surface area contributed by atoms with Gasteiger partial charge in [-0.05, 0) is 51.3 Å². The van der Waals surface area contributed by atoms with Crippen LogP contribution in [0.5, 0.6) is 0 Å². The van der Waals surface area contributed by atoms with Crippen molar-refractivity contribution in [2.45, 2.75) is 32.0 Å². The van der Waals surface area contributed by atoms with Crippen molar-refractivity contribution in [1.29, 1.82) is 0 Å². The zero-order valence-corrected chi connectivity index (χ0v) is 21.2. The molecular formula is C25H31BN10O. The first-order valence-electron chi connectivity index (χ1n) is 12.9. The van der Waals surface area contributed by atoms with E-state index >= 15 is 0 Å². The van der Waals surface area contributed by atoms with Crippen LogP contribution in [-0.2, 0) is 7.05 Å². The lowest BCUT2D eigenvalue weighted by molar-refractivity contribution is 0.283. The van der Waals surface area contributed by atoms with Gasteiger partial charge in [0.05, 0.1) is 18.1 Å². The molecule has 1 fully saturated rings. The summed E-state index contributed by atoms with van der Waals surface area (Å²) in [5.41, 5.74) is 4.60. The van der Waals surface area contributed by atoms with Gasteiger partial charge in [-0.2, -0.15) is 14.7 Å². The van der Waals surface area contributed by atoms with Crippen LogP contribution >= 0.6 is 0 Å². The minimum Gasteiger partial charge on any atom is -0.437 e. The van der Waals surface area contributed by atoms with Crippen molar-refractivity contribution in [3.8, 4) is 11.1 Å². The number of aromatic nitrogens is 6. The number of aliphatic imine (C=N–C) groups is 1. The average molecular weight is 498 g/mol. The number of hydrogen-bond acceptors (Lipinski definition) is 9. The molecule has 3 N–H and O–H groups in total. The Balaban J connectivity index is 1.37. The highest BCUT2D eigenvalue weighted by molar-refractivity contribution is 6.45. The number of aryl methyl sites for hydroxylation is 1. The zero-order valence-electron chi connectivity index (χ0n) is 21.2. The molecule has 4 aromatic heterocycles. The molecular weight excluding hydrogens is 467 g/mol. The molecule has 190 valence electrons. The Bertz CT molecular complexity index is 1430. The van der Waals surface area contributed by atoms with Gasteiger partial charge in [0.1, 0.15) is 17.5 Å². The van der Waals surface area contributed by atoms with Gasteiger partial charge in [-0.3, -0.25) is 9.67 Å². The lowest BCUT2D eigenvalue weighted by Gasteiger charge is -2.33. The molecule has 6 heterocycles. The van der Waals surface area contributed by atoms with Crippen molar-refractivity contribution in [3.05, 3.63) is 54.2 Å². The largest absolute Gasteiger partial charge is 0.437 e. The van der Waals surface area contributed by atoms with Gasteiger partial charge in [0, 0.05) is 61.2 Å². The van der Waals surface area contributed by atoms with Crippen LogP contribution in [0.4, 0.5) is 11.6 Å². The molecule has 2 aliphatic heterocycles. The van der Waals surface area contributed by atoms with Crippen LogP contribution in [0.3, 0.4) is 0 Å². The summed E-state index contributed by atoms with van der Waals surface area (Å²) < 4.78 is 3.60. The van der Waals surface area contributed by atoms with E-state index in [1.807, 2.05) is 55.3 Å². The first-order chi connectivity index (χ1) is 18.0. The SMILES string of the molecule is CB(O)N1CCCC(c2cc(Nc3ccc(C4=NCCCN4)cn3)n3ncc(-c4cnn(C)c4)c3n2)C1. The fourth-order valence-electron chi connectivity index (χ4n) is 5.10. The molecule has 1 saturated heterocycles. The molecule has 0 saturated carbocycles. The van der Waals surface area contributed by atoms with E-state index in [2.05, 4.69) is 41.7 Å². The summed E-state index contributed by atoms with van der Waals surface area (Å²) in [5, 5.41) is 26.0. The summed E-state index contributed by atoms with van der Waals surface area (Å²) in [4.78, 5) is 16.4. The highest BCUT2D eigenvalue weighted by atomic mass is 16.2. The second-order valence-corrected chi connectivity index (χ2v) is 9.80. The van der Waals surface area contributed by atoms with Crippen molar-refractivity contribution in [2.24, 2.45) is 12.0 Å². The van der Waals surface area contributed by atoms with Crippen molar-refractivity contribution in [1.82, 2.24) is 39.5 Å². The number of hydrogen-bond donors (Lipinski definition) is 3. The second-order valence-electron chi connectivity index (χ2n) is 9.80. The molecule has 6 rings (SSSR count). The summed E-state index contributed by atoms with van der Waals surface area (Å²) in [6.45, 7) is 5.26. The maximum absolute atomic E-state index is 10.2. The van der Waals surface area contributed by atoms with Gasteiger partial charge in [0.2, 0.25) is 0 Å². The molecule has 0 spiro atoms. The maximum atomic E-state index is 10.2. The Kier molecular flexibility index (Phi) is 6.35. The Morgan fingerprint density at radius 3 is 2.78 bits per heavy atom. The van der Waals surface area contributed by atoms with Crippen LogP contribution in [0.15, 0.2) is 48.0 Å². The van der Waals surface area contributed by atoms with E-state index in [1.165, 1.54) is 0 Å². The molecule has 11 nitrogen and oxygen atoms in total. The molecule has 1 atom stereocenters. The van der Waals surface area contributed by atoms with E-state index in [0.29, 0.717) is 5.82 Å². The smallest absolute Gasteiger partial charge is 0.376 e. The summed E-state index contributed by atoms with van der Waals surface area (Å²) in [5.74, 6) is 2.60. The third-order valence-electron chi connectivity index (χ3n) is 7.10. The zero-order chi connectivity index (χ0) is 25.4. The van der Waals surface area contributed by atoms with Gasteiger partial charge in [-0.15, -0.1) is 0 Å². The van der Waals surface area contributed by atoms with Crippen molar-refractivity contribution < 1.29 is 5.02 Å². The summed E-state index contributed by atoms with van der Waals surface area (Å²) in [6.07, 6.45) is 10.6. The van der Waals surface area contributed by atoms with Crippen LogP contribution in [0, 0.1) is 0 Å². The Labute approximate surface area is 215 Å². The fraction of sp³-hybridized carbons (Fsp3) is 0.400. The number of anilines is 2. The number of piperidine rings is 1. The fourth-order valence-corrected chi connectivity index (χ4v) is 5.10. The number of pyridine rings is 1. The Hall–Kier alpha value is -3.77. The predicted molar refractivity (Wildman–Crippen MR) is 144 cm³/mol. The lowest BCUT2D eigenvalue weighted by atomic mass is 9.80. The van der Waals surface area contributed by atoms with Crippen LogP contribution in [0.2, 0.25) is 6.82 Å². The van der Waals surface area contributed by atoms with Gasteiger partial charge in [-0.25, -0.2) is 9.97 Å². The lowest BCUT2D eigenvalue weighted by Crippen LogP contribution is -2.43. The highest BCUT2D eigenvalue weighted by Crippen LogP contribution is 2.32.